The Morgan fingerprint density at radius 2 is 1.43 bits per heavy atom. The first-order valence-corrected chi connectivity index (χ1v) is 14.3. The van der Waals surface area contributed by atoms with E-state index in [1.54, 1.807) is 17.8 Å². The van der Waals surface area contributed by atoms with Gasteiger partial charge in [0, 0.05) is 69.0 Å². The van der Waals surface area contributed by atoms with Crippen LogP contribution in [0.2, 0.25) is 0 Å². The molecule has 0 bridgehead atoms. The van der Waals surface area contributed by atoms with Crippen LogP contribution in [0.3, 0.4) is 0 Å². The van der Waals surface area contributed by atoms with E-state index < -0.39 is 5.91 Å². The monoisotopic (exact) mass is 546 g/mol. The van der Waals surface area contributed by atoms with E-state index in [0.29, 0.717) is 28.9 Å². The number of aryl methyl sites for hydroxylation is 2. The van der Waals surface area contributed by atoms with Gasteiger partial charge in [0.05, 0.1) is 5.71 Å². The topological polar surface area (TPSA) is 68.5 Å². The van der Waals surface area contributed by atoms with Crippen LogP contribution in [-0.2, 0) is 11.3 Å². The van der Waals surface area contributed by atoms with Gasteiger partial charge in [-0.25, -0.2) is 4.99 Å². The van der Waals surface area contributed by atoms with Crippen LogP contribution in [0.4, 0.5) is 0 Å². The largest absolute Gasteiger partial charge is 0.341 e. The first-order valence-electron chi connectivity index (χ1n) is 13.3. The molecule has 0 unspecified atom stereocenters. The SMILES string of the molecule is CCn1c2ccc(C(=O)C(CCSc3ccccc3)=NC(C)=O)cc2c2cc(C(=O)c3ccccc3C)ccc21. The minimum absolute atomic E-state index is 0.0311. The molecule has 5 aromatic rings. The molecule has 0 radical (unpaired) electrons. The van der Waals surface area contributed by atoms with Gasteiger partial charge < -0.3 is 4.57 Å². The van der Waals surface area contributed by atoms with Crippen LogP contribution in [-0.4, -0.2) is 33.5 Å². The second-order valence-electron chi connectivity index (χ2n) is 9.67. The second kappa shape index (κ2) is 11.8. The van der Waals surface area contributed by atoms with E-state index in [1.807, 2.05) is 91.9 Å². The van der Waals surface area contributed by atoms with Crippen molar-refractivity contribution in [3.8, 4) is 0 Å². The molecule has 0 saturated heterocycles. The van der Waals surface area contributed by atoms with Gasteiger partial charge in [0.25, 0.3) is 0 Å². The van der Waals surface area contributed by atoms with Crippen molar-refractivity contribution in [2.75, 3.05) is 5.75 Å². The van der Waals surface area contributed by atoms with Crippen LogP contribution < -0.4 is 0 Å². The Morgan fingerprint density at radius 3 is 2.08 bits per heavy atom. The number of nitrogens with zero attached hydrogens (tertiary/aromatic N) is 2. The lowest BCUT2D eigenvalue weighted by Gasteiger charge is -2.07. The Labute approximate surface area is 237 Å². The molecule has 6 heteroatoms. The van der Waals surface area contributed by atoms with Crippen LogP contribution >= 0.6 is 11.8 Å². The average molecular weight is 547 g/mol. The number of fused-ring (bicyclic) bond motifs is 3. The molecule has 0 saturated carbocycles. The zero-order valence-electron chi connectivity index (χ0n) is 22.8. The van der Waals surface area contributed by atoms with Gasteiger partial charge in [0.15, 0.2) is 5.78 Å². The highest BCUT2D eigenvalue weighted by atomic mass is 32.2. The summed E-state index contributed by atoms with van der Waals surface area (Å²) in [7, 11) is 0. The molecule has 0 fully saturated rings. The van der Waals surface area contributed by atoms with Crippen molar-refractivity contribution < 1.29 is 14.4 Å². The zero-order valence-corrected chi connectivity index (χ0v) is 23.6. The third kappa shape index (κ3) is 5.54. The molecule has 0 spiro atoms. The van der Waals surface area contributed by atoms with Crippen molar-refractivity contribution in [1.82, 2.24) is 4.57 Å². The fraction of sp³-hybridized carbons (Fsp3) is 0.176. The number of hydrogen-bond acceptors (Lipinski definition) is 4. The summed E-state index contributed by atoms with van der Waals surface area (Å²) in [5, 5.41) is 1.80. The molecule has 0 N–H and O–H groups in total. The molecule has 1 amide bonds. The number of benzene rings is 4. The predicted octanol–water partition coefficient (Wildman–Crippen LogP) is 7.71. The molecule has 0 aliphatic rings. The maximum absolute atomic E-state index is 13.6. The Kier molecular flexibility index (Phi) is 8.08. The number of aromatic nitrogens is 1. The van der Waals surface area contributed by atoms with Crippen molar-refractivity contribution in [1.29, 1.82) is 0 Å². The molecular formula is C34H30N2O3S. The molecule has 200 valence electrons. The molecule has 0 aliphatic carbocycles. The third-order valence-corrected chi connectivity index (χ3v) is 8.01. The third-order valence-electron chi connectivity index (χ3n) is 7.00. The van der Waals surface area contributed by atoms with E-state index in [-0.39, 0.29) is 17.3 Å². The Bertz CT molecular complexity index is 1780. The first kappa shape index (κ1) is 27.3. The maximum Gasteiger partial charge on any atom is 0.242 e. The zero-order chi connectivity index (χ0) is 28.2. The van der Waals surface area contributed by atoms with E-state index in [2.05, 4.69) is 16.5 Å². The standard InChI is InChI=1S/C34H30N2O3S/c1-4-36-31-16-14-24(33(38)27-13-9-8-10-22(27)2)20-28(31)29-21-25(15-17-32(29)36)34(39)30(35-23(3)37)18-19-40-26-11-6-5-7-12-26/h5-17,20-21H,4,18-19H2,1-3H3. The molecule has 4 aromatic carbocycles. The van der Waals surface area contributed by atoms with Crippen LogP contribution in [0, 0.1) is 6.92 Å². The lowest BCUT2D eigenvalue weighted by molar-refractivity contribution is -0.115. The van der Waals surface area contributed by atoms with Gasteiger partial charge in [-0.2, -0.15) is 0 Å². The Balaban J connectivity index is 1.52. The van der Waals surface area contributed by atoms with E-state index in [9.17, 15) is 14.4 Å². The molecule has 5 rings (SSSR count). The molecule has 40 heavy (non-hydrogen) atoms. The Morgan fingerprint density at radius 1 is 0.800 bits per heavy atom. The second-order valence-corrected chi connectivity index (χ2v) is 10.8. The highest BCUT2D eigenvalue weighted by molar-refractivity contribution is 7.99. The summed E-state index contributed by atoms with van der Waals surface area (Å²) in [6, 6.07) is 28.9. The van der Waals surface area contributed by atoms with Gasteiger partial charge in [-0.1, -0.05) is 42.5 Å². The molecular weight excluding hydrogens is 516 g/mol. The lowest BCUT2D eigenvalue weighted by Crippen LogP contribution is -2.17. The lowest BCUT2D eigenvalue weighted by atomic mass is 9.97. The highest BCUT2D eigenvalue weighted by Gasteiger charge is 2.19. The van der Waals surface area contributed by atoms with Crippen LogP contribution in [0.5, 0.6) is 0 Å². The van der Waals surface area contributed by atoms with Gasteiger partial charge in [-0.3, -0.25) is 14.4 Å². The van der Waals surface area contributed by atoms with Gasteiger partial charge in [0.2, 0.25) is 11.7 Å². The minimum Gasteiger partial charge on any atom is -0.341 e. The molecule has 1 heterocycles. The predicted molar refractivity (Wildman–Crippen MR) is 164 cm³/mol. The van der Waals surface area contributed by atoms with E-state index in [4.69, 9.17) is 0 Å². The number of ketones is 2. The van der Waals surface area contributed by atoms with Crippen LogP contribution in [0.25, 0.3) is 21.8 Å². The molecule has 5 nitrogen and oxygen atoms in total. The van der Waals surface area contributed by atoms with Gasteiger partial charge in [0.1, 0.15) is 0 Å². The number of thioether (sulfide) groups is 1. The molecule has 0 atom stereocenters. The van der Waals surface area contributed by atoms with E-state index in [1.165, 1.54) is 6.92 Å². The van der Waals surface area contributed by atoms with Gasteiger partial charge in [-0.15, -0.1) is 11.8 Å². The smallest absolute Gasteiger partial charge is 0.242 e. The summed E-state index contributed by atoms with van der Waals surface area (Å²) in [6.45, 7) is 6.12. The maximum atomic E-state index is 13.6. The summed E-state index contributed by atoms with van der Waals surface area (Å²) in [6.07, 6.45) is 0.377. The van der Waals surface area contributed by atoms with Crippen molar-refractivity contribution >= 4 is 56.8 Å². The number of carbonyl (C=O) groups is 3. The van der Waals surface area contributed by atoms with Crippen molar-refractivity contribution in [2.45, 2.75) is 38.6 Å². The summed E-state index contributed by atoms with van der Waals surface area (Å²) >= 11 is 1.62. The first-order chi connectivity index (χ1) is 19.4. The van der Waals surface area contributed by atoms with Crippen LogP contribution in [0.1, 0.15) is 52.1 Å². The van der Waals surface area contributed by atoms with Crippen molar-refractivity contribution in [2.24, 2.45) is 4.99 Å². The number of amides is 1. The summed E-state index contributed by atoms with van der Waals surface area (Å²) in [4.78, 5) is 44.1. The summed E-state index contributed by atoms with van der Waals surface area (Å²) in [5.41, 5.74) is 4.92. The fourth-order valence-corrected chi connectivity index (χ4v) is 5.95. The molecule has 1 aromatic heterocycles. The number of hydrogen-bond donors (Lipinski definition) is 0. The highest BCUT2D eigenvalue weighted by Crippen LogP contribution is 2.32. The quantitative estimate of drug-likeness (QED) is 0.108. The number of carbonyl (C=O) groups excluding carboxylic acids is 3. The summed E-state index contributed by atoms with van der Waals surface area (Å²) in [5.74, 6) is -0.0494. The van der Waals surface area contributed by atoms with E-state index >= 15 is 0 Å². The minimum atomic E-state index is -0.393. The van der Waals surface area contributed by atoms with Crippen LogP contribution in [0.15, 0.2) is 101 Å². The summed E-state index contributed by atoms with van der Waals surface area (Å²) < 4.78 is 2.18. The normalized spacial score (nSPS) is 11.7. The van der Waals surface area contributed by atoms with E-state index in [0.717, 1.165) is 38.8 Å². The Hall–Kier alpha value is -4.29. The number of Topliss-reactive ketones (excluding diaryl/α,β-unsaturated/α-hetero) is 1. The number of rotatable bonds is 9. The van der Waals surface area contributed by atoms with Crippen molar-refractivity contribution in [3.05, 3.63) is 113 Å². The number of aliphatic imine (C=N–C) groups is 1. The molecule has 0 aliphatic heterocycles. The van der Waals surface area contributed by atoms with Crippen molar-refractivity contribution in [3.63, 3.8) is 0 Å². The van der Waals surface area contributed by atoms with Gasteiger partial charge >= 0.3 is 0 Å². The van der Waals surface area contributed by atoms with Gasteiger partial charge in [-0.05, 0) is 67.9 Å². The fourth-order valence-electron chi connectivity index (χ4n) is 5.07. The average Bonchev–Trinajstić information content (AvgIpc) is 3.28.